The number of hydrogen-bond donors (Lipinski definition) is 0. The molecule has 0 N–H and O–H groups in total. The molecule has 0 bridgehead atoms. The number of methoxy groups -OCH3 is 1. The van der Waals surface area contributed by atoms with Crippen molar-refractivity contribution in [3.05, 3.63) is 107 Å². The smallest absolute Gasteiger partial charge is 0.200 e. The van der Waals surface area contributed by atoms with Gasteiger partial charge >= 0.3 is 0 Å². The fourth-order valence-corrected chi connectivity index (χ4v) is 3.51. The van der Waals surface area contributed by atoms with E-state index in [0.717, 1.165) is 16.8 Å². The Labute approximate surface area is 184 Å². The van der Waals surface area contributed by atoms with E-state index >= 15 is 0 Å². The highest BCUT2D eigenvalue weighted by molar-refractivity contribution is 5.82. The average Bonchev–Trinajstić information content (AvgIpc) is 3.33. The lowest BCUT2D eigenvalue weighted by Gasteiger charge is -2.07. The predicted molar refractivity (Wildman–Crippen MR) is 122 cm³/mol. The molecule has 6 heteroatoms. The molecule has 0 unspecified atom stereocenters. The Kier molecular flexibility index (Phi) is 5.17. The van der Waals surface area contributed by atoms with Crippen molar-refractivity contribution >= 4 is 11.0 Å². The molecule has 0 aliphatic rings. The summed E-state index contributed by atoms with van der Waals surface area (Å²) in [5.41, 5.74) is 3.52. The lowest BCUT2D eigenvalue weighted by atomic mass is 10.1. The van der Waals surface area contributed by atoms with Crippen LogP contribution in [0.1, 0.15) is 5.56 Å². The van der Waals surface area contributed by atoms with E-state index in [9.17, 15) is 4.79 Å². The second-order valence-electron chi connectivity index (χ2n) is 7.29. The summed E-state index contributed by atoms with van der Waals surface area (Å²) in [7, 11) is 1.59. The normalized spacial score (nSPS) is 10.9. The van der Waals surface area contributed by atoms with Crippen molar-refractivity contribution in [1.29, 1.82) is 0 Å². The van der Waals surface area contributed by atoms with Gasteiger partial charge in [0.05, 0.1) is 29.9 Å². The molecule has 2 heterocycles. The summed E-state index contributed by atoms with van der Waals surface area (Å²) in [6, 6.07) is 22.5. The minimum absolute atomic E-state index is 0.102. The highest BCUT2D eigenvalue weighted by Crippen LogP contribution is 2.25. The van der Waals surface area contributed by atoms with E-state index in [1.807, 2.05) is 60.8 Å². The summed E-state index contributed by atoms with van der Waals surface area (Å²) in [6.45, 7) is 0.352. The van der Waals surface area contributed by atoms with Gasteiger partial charge in [0.15, 0.2) is 5.43 Å². The van der Waals surface area contributed by atoms with Crippen LogP contribution in [-0.4, -0.2) is 16.9 Å². The topological polar surface area (TPSA) is 66.5 Å². The fraction of sp³-hybridized carbons (Fsp3) is 0.0769. The second-order valence-corrected chi connectivity index (χ2v) is 7.29. The highest BCUT2D eigenvalue weighted by Gasteiger charge is 2.11. The van der Waals surface area contributed by atoms with Crippen molar-refractivity contribution in [3.8, 4) is 28.3 Å². The molecule has 2 aromatic heterocycles. The van der Waals surface area contributed by atoms with Gasteiger partial charge in [-0.2, -0.15) is 5.10 Å². The first-order chi connectivity index (χ1) is 15.7. The summed E-state index contributed by atoms with van der Waals surface area (Å²) in [5, 5.41) is 4.87. The minimum atomic E-state index is -0.102. The molecule has 0 aliphatic carbocycles. The summed E-state index contributed by atoms with van der Waals surface area (Å²) in [5.74, 6) is 1.29. The molecule has 5 aromatic rings. The Balaban J connectivity index is 1.36. The van der Waals surface area contributed by atoms with Gasteiger partial charge in [0.1, 0.15) is 30.0 Å². The molecule has 0 fully saturated rings. The Bertz CT molecular complexity index is 1440. The van der Waals surface area contributed by atoms with Crippen molar-refractivity contribution in [2.75, 3.05) is 7.11 Å². The quantitative estimate of drug-likeness (QED) is 0.373. The molecule has 0 saturated heterocycles. The van der Waals surface area contributed by atoms with Crippen LogP contribution >= 0.6 is 0 Å². The largest absolute Gasteiger partial charge is 0.497 e. The predicted octanol–water partition coefficient (Wildman–Crippen LogP) is 5.23. The molecule has 3 aromatic carbocycles. The van der Waals surface area contributed by atoms with E-state index in [1.165, 1.54) is 6.26 Å². The van der Waals surface area contributed by atoms with Crippen molar-refractivity contribution in [2.24, 2.45) is 0 Å². The Morgan fingerprint density at radius 1 is 0.969 bits per heavy atom. The molecule has 32 heavy (non-hydrogen) atoms. The maximum absolute atomic E-state index is 13.0. The lowest BCUT2D eigenvalue weighted by molar-refractivity contribution is 0.306. The standard InChI is InChI=1S/C26H20N2O4/c1-30-21-9-5-6-19(12-21)24-17-32-25-13-22(10-11-23(25)26(24)29)31-16-18-14-27-28(15-18)20-7-3-2-4-8-20/h2-15,17H,16H2,1H3. The zero-order valence-electron chi connectivity index (χ0n) is 17.4. The number of para-hydroxylation sites is 1. The number of ether oxygens (including phenoxy) is 2. The van der Waals surface area contributed by atoms with Gasteiger partial charge in [0.25, 0.3) is 0 Å². The molecular formula is C26H20N2O4. The first-order valence-corrected chi connectivity index (χ1v) is 10.1. The number of hydrogen-bond acceptors (Lipinski definition) is 5. The van der Waals surface area contributed by atoms with Gasteiger partial charge in [0.2, 0.25) is 0 Å². The zero-order valence-corrected chi connectivity index (χ0v) is 17.4. The van der Waals surface area contributed by atoms with Gasteiger partial charge in [-0.1, -0.05) is 30.3 Å². The molecule has 0 saturated carbocycles. The van der Waals surface area contributed by atoms with Crippen molar-refractivity contribution in [3.63, 3.8) is 0 Å². The number of fused-ring (bicyclic) bond motifs is 1. The number of aromatic nitrogens is 2. The third-order valence-corrected chi connectivity index (χ3v) is 5.19. The van der Waals surface area contributed by atoms with E-state index in [4.69, 9.17) is 13.9 Å². The van der Waals surface area contributed by atoms with E-state index in [1.54, 1.807) is 36.2 Å². The van der Waals surface area contributed by atoms with Crippen LogP contribution in [0.2, 0.25) is 0 Å². The fourth-order valence-electron chi connectivity index (χ4n) is 3.51. The van der Waals surface area contributed by atoms with Crippen LogP contribution in [0.25, 0.3) is 27.8 Å². The maximum atomic E-state index is 13.0. The lowest BCUT2D eigenvalue weighted by Crippen LogP contribution is -2.05. The third-order valence-electron chi connectivity index (χ3n) is 5.19. The van der Waals surface area contributed by atoms with Crippen LogP contribution in [0.3, 0.4) is 0 Å². The zero-order chi connectivity index (χ0) is 21.9. The molecule has 0 atom stereocenters. The van der Waals surface area contributed by atoms with Gasteiger partial charge < -0.3 is 13.9 Å². The molecule has 6 nitrogen and oxygen atoms in total. The minimum Gasteiger partial charge on any atom is -0.497 e. The van der Waals surface area contributed by atoms with E-state index in [-0.39, 0.29) is 5.43 Å². The van der Waals surface area contributed by atoms with Crippen molar-refractivity contribution < 1.29 is 13.9 Å². The van der Waals surface area contributed by atoms with Gasteiger partial charge in [-0.25, -0.2) is 4.68 Å². The SMILES string of the molecule is COc1cccc(-c2coc3cc(OCc4cnn(-c5ccccc5)c4)ccc3c2=O)c1. The van der Waals surface area contributed by atoms with Gasteiger partial charge in [-0.15, -0.1) is 0 Å². The monoisotopic (exact) mass is 424 g/mol. The van der Waals surface area contributed by atoms with Gasteiger partial charge in [-0.05, 0) is 42.0 Å². The van der Waals surface area contributed by atoms with Gasteiger partial charge in [-0.3, -0.25) is 4.79 Å². The third kappa shape index (κ3) is 3.86. The van der Waals surface area contributed by atoms with E-state index < -0.39 is 0 Å². The molecule has 0 radical (unpaired) electrons. The first kappa shape index (κ1) is 19.6. The molecular weight excluding hydrogens is 404 g/mol. The molecule has 158 valence electrons. The van der Waals surface area contributed by atoms with Gasteiger partial charge in [0, 0.05) is 17.8 Å². The molecule has 0 aliphatic heterocycles. The Morgan fingerprint density at radius 3 is 2.69 bits per heavy atom. The summed E-state index contributed by atoms with van der Waals surface area (Å²) in [6.07, 6.45) is 5.18. The maximum Gasteiger partial charge on any atom is 0.200 e. The Hall–Kier alpha value is -4.32. The molecule has 0 spiro atoms. The van der Waals surface area contributed by atoms with E-state index in [0.29, 0.717) is 34.6 Å². The van der Waals surface area contributed by atoms with Crippen LogP contribution in [0.4, 0.5) is 0 Å². The number of rotatable bonds is 6. The highest BCUT2D eigenvalue weighted by atomic mass is 16.5. The molecule has 0 amide bonds. The van der Waals surface area contributed by atoms with Crippen LogP contribution in [-0.2, 0) is 6.61 Å². The first-order valence-electron chi connectivity index (χ1n) is 10.1. The average molecular weight is 424 g/mol. The summed E-state index contributed by atoms with van der Waals surface area (Å²) in [4.78, 5) is 13.0. The van der Waals surface area contributed by atoms with E-state index in [2.05, 4.69) is 5.10 Å². The summed E-state index contributed by atoms with van der Waals surface area (Å²) < 4.78 is 18.7. The van der Waals surface area contributed by atoms with Crippen LogP contribution in [0.15, 0.2) is 101 Å². The van der Waals surface area contributed by atoms with Crippen molar-refractivity contribution in [1.82, 2.24) is 9.78 Å². The second kappa shape index (κ2) is 8.43. The Morgan fingerprint density at radius 2 is 1.84 bits per heavy atom. The number of nitrogens with zero attached hydrogens (tertiary/aromatic N) is 2. The number of benzene rings is 3. The summed E-state index contributed by atoms with van der Waals surface area (Å²) >= 11 is 0. The van der Waals surface area contributed by atoms with Crippen LogP contribution < -0.4 is 14.9 Å². The van der Waals surface area contributed by atoms with Crippen molar-refractivity contribution in [2.45, 2.75) is 6.61 Å². The van der Waals surface area contributed by atoms with Crippen LogP contribution in [0, 0.1) is 0 Å². The molecule has 5 rings (SSSR count). The van der Waals surface area contributed by atoms with Crippen LogP contribution in [0.5, 0.6) is 11.5 Å².